The molecule has 4 nitrogen and oxygen atoms in total. The van der Waals surface area contributed by atoms with Gasteiger partial charge in [-0.25, -0.2) is 8.42 Å². The summed E-state index contributed by atoms with van der Waals surface area (Å²) in [6, 6.07) is 7.28. The molecule has 0 aromatic heterocycles. The Morgan fingerprint density at radius 3 is 2.95 bits per heavy atom. The van der Waals surface area contributed by atoms with Crippen LogP contribution in [0.3, 0.4) is 0 Å². The first-order chi connectivity index (χ1) is 10.0. The van der Waals surface area contributed by atoms with Gasteiger partial charge in [-0.2, -0.15) is 4.31 Å². The maximum absolute atomic E-state index is 12.5. The van der Waals surface area contributed by atoms with E-state index in [0.717, 1.165) is 24.8 Å². The van der Waals surface area contributed by atoms with Gasteiger partial charge in [-0.05, 0) is 24.1 Å². The molecule has 0 unspecified atom stereocenters. The molecule has 6 heteroatoms. The molecule has 1 aromatic carbocycles. The number of rotatable bonds is 5. The smallest absolute Gasteiger partial charge is 0.217 e. The first-order valence-electron chi connectivity index (χ1n) is 7.34. The van der Waals surface area contributed by atoms with Crippen LogP contribution in [-0.2, 0) is 21.3 Å². The third-order valence-electron chi connectivity index (χ3n) is 3.68. The van der Waals surface area contributed by atoms with E-state index in [1.807, 2.05) is 18.2 Å². The molecule has 0 N–H and O–H groups in total. The van der Waals surface area contributed by atoms with E-state index in [-0.39, 0.29) is 18.4 Å². The Balaban J connectivity index is 2.23. The first-order valence-corrected chi connectivity index (χ1v) is 9.33. The summed E-state index contributed by atoms with van der Waals surface area (Å²) in [6.07, 6.45) is 2.87. The normalized spacial score (nSPS) is 22.9. The number of halogens is 1. The van der Waals surface area contributed by atoms with Gasteiger partial charge < -0.3 is 4.74 Å². The van der Waals surface area contributed by atoms with E-state index < -0.39 is 10.0 Å². The van der Waals surface area contributed by atoms with Gasteiger partial charge in [0.1, 0.15) is 0 Å². The van der Waals surface area contributed by atoms with Crippen molar-refractivity contribution in [2.75, 3.05) is 19.0 Å². The number of nitrogens with zero attached hydrogens (tertiary/aromatic N) is 1. The standard InChI is InChI=1S/C15H22ClNO3S/c1-2-3-7-15-12-20-8-9-21(18,19)17(15)11-13-5-4-6-14(16)10-13/h4-6,10,15H,2-3,7-9,11-12H2,1H3/t15-/m0/s1. The van der Waals surface area contributed by atoms with Crippen molar-refractivity contribution in [3.8, 4) is 0 Å². The van der Waals surface area contributed by atoms with Crippen molar-refractivity contribution in [2.45, 2.75) is 38.8 Å². The Labute approximate surface area is 132 Å². The van der Waals surface area contributed by atoms with E-state index in [4.69, 9.17) is 16.3 Å². The largest absolute Gasteiger partial charge is 0.379 e. The average Bonchev–Trinajstić information content (AvgIpc) is 2.57. The minimum absolute atomic E-state index is 0.0518. The third kappa shape index (κ3) is 4.68. The van der Waals surface area contributed by atoms with Crippen molar-refractivity contribution < 1.29 is 13.2 Å². The fourth-order valence-electron chi connectivity index (χ4n) is 2.52. The minimum atomic E-state index is -3.29. The van der Waals surface area contributed by atoms with E-state index in [1.54, 1.807) is 10.4 Å². The van der Waals surface area contributed by atoms with Crippen LogP contribution in [0.1, 0.15) is 31.7 Å². The van der Waals surface area contributed by atoms with Crippen LogP contribution in [0.25, 0.3) is 0 Å². The molecule has 1 heterocycles. The van der Waals surface area contributed by atoms with Gasteiger partial charge in [0.2, 0.25) is 10.0 Å². The van der Waals surface area contributed by atoms with Crippen LogP contribution in [0.2, 0.25) is 5.02 Å². The SMILES string of the molecule is CCCC[C@H]1COCCS(=O)(=O)N1Cc1cccc(Cl)c1. The number of hydrogen-bond acceptors (Lipinski definition) is 3. The molecular formula is C15H22ClNO3S. The van der Waals surface area contributed by atoms with Crippen LogP contribution in [0.5, 0.6) is 0 Å². The van der Waals surface area contributed by atoms with Crippen LogP contribution in [-0.4, -0.2) is 37.7 Å². The van der Waals surface area contributed by atoms with E-state index >= 15 is 0 Å². The fraction of sp³-hybridized carbons (Fsp3) is 0.600. The second-order valence-corrected chi connectivity index (χ2v) is 7.84. The molecule has 0 aliphatic carbocycles. The summed E-state index contributed by atoms with van der Waals surface area (Å²) in [6.45, 7) is 3.21. The van der Waals surface area contributed by atoms with Gasteiger partial charge in [0.25, 0.3) is 0 Å². The molecule has 21 heavy (non-hydrogen) atoms. The van der Waals surface area contributed by atoms with Crippen molar-refractivity contribution >= 4 is 21.6 Å². The van der Waals surface area contributed by atoms with Gasteiger partial charge in [0.15, 0.2) is 0 Å². The van der Waals surface area contributed by atoms with E-state index in [2.05, 4.69) is 6.92 Å². The molecule has 0 bridgehead atoms. The molecule has 0 radical (unpaired) electrons. The van der Waals surface area contributed by atoms with Gasteiger partial charge in [-0.1, -0.05) is 43.5 Å². The lowest BCUT2D eigenvalue weighted by Crippen LogP contribution is -2.41. The molecule has 0 saturated carbocycles. The van der Waals surface area contributed by atoms with Crippen LogP contribution < -0.4 is 0 Å². The highest BCUT2D eigenvalue weighted by Crippen LogP contribution is 2.22. The zero-order valence-electron chi connectivity index (χ0n) is 12.3. The lowest BCUT2D eigenvalue weighted by atomic mass is 10.1. The predicted molar refractivity (Wildman–Crippen MR) is 84.9 cm³/mol. The highest BCUT2D eigenvalue weighted by atomic mass is 35.5. The predicted octanol–water partition coefficient (Wildman–Crippen LogP) is 3.06. The summed E-state index contributed by atoms with van der Waals surface area (Å²) in [5.41, 5.74) is 0.912. The molecule has 1 fully saturated rings. The summed E-state index contributed by atoms with van der Waals surface area (Å²) >= 11 is 5.99. The number of benzene rings is 1. The molecule has 118 valence electrons. The number of ether oxygens (including phenoxy) is 1. The first kappa shape index (κ1) is 16.7. The van der Waals surface area contributed by atoms with Gasteiger partial charge in [0.05, 0.1) is 19.0 Å². The van der Waals surface area contributed by atoms with Crippen molar-refractivity contribution in [3.63, 3.8) is 0 Å². The monoisotopic (exact) mass is 331 g/mol. The Kier molecular flexibility index (Phi) is 6.05. The lowest BCUT2D eigenvalue weighted by molar-refractivity contribution is 0.105. The van der Waals surface area contributed by atoms with Gasteiger partial charge in [-0.3, -0.25) is 0 Å². The molecule has 1 saturated heterocycles. The maximum atomic E-state index is 12.5. The van der Waals surface area contributed by atoms with Gasteiger partial charge in [-0.15, -0.1) is 0 Å². The van der Waals surface area contributed by atoms with Crippen molar-refractivity contribution in [1.29, 1.82) is 0 Å². The Bertz CT molecular complexity index is 562. The number of hydrogen-bond donors (Lipinski definition) is 0. The Morgan fingerprint density at radius 1 is 1.43 bits per heavy atom. The van der Waals surface area contributed by atoms with Crippen molar-refractivity contribution in [1.82, 2.24) is 4.31 Å². The zero-order chi connectivity index (χ0) is 15.3. The van der Waals surface area contributed by atoms with Crippen molar-refractivity contribution in [3.05, 3.63) is 34.9 Å². The number of unbranched alkanes of at least 4 members (excludes halogenated alkanes) is 1. The van der Waals surface area contributed by atoms with Crippen molar-refractivity contribution in [2.24, 2.45) is 0 Å². The second kappa shape index (κ2) is 7.58. The lowest BCUT2D eigenvalue weighted by Gasteiger charge is -2.28. The fourth-order valence-corrected chi connectivity index (χ4v) is 4.26. The Morgan fingerprint density at radius 2 is 2.24 bits per heavy atom. The molecule has 1 aliphatic heterocycles. The molecule has 0 amide bonds. The highest BCUT2D eigenvalue weighted by molar-refractivity contribution is 7.89. The zero-order valence-corrected chi connectivity index (χ0v) is 13.9. The summed E-state index contributed by atoms with van der Waals surface area (Å²) in [5, 5.41) is 0.626. The summed E-state index contributed by atoms with van der Waals surface area (Å²) in [7, 11) is -3.29. The summed E-state index contributed by atoms with van der Waals surface area (Å²) < 4.78 is 32.0. The Hall–Kier alpha value is -0.620. The van der Waals surface area contributed by atoms with Gasteiger partial charge in [0, 0.05) is 17.6 Å². The molecule has 1 aliphatic rings. The van der Waals surface area contributed by atoms with E-state index in [0.29, 0.717) is 18.2 Å². The summed E-state index contributed by atoms with van der Waals surface area (Å²) in [4.78, 5) is 0. The van der Waals surface area contributed by atoms with Crippen LogP contribution in [0.4, 0.5) is 0 Å². The van der Waals surface area contributed by atoms with Crippen LogP contribution in [0, 0.1) is 0 Å². The summed E-state index contributed by atoms with van der Waals surface area (Å²) in [5.74, 6) is 0.0518. The molecule has 1 aromatic rings. The van der Waals surface area contributed by atoms with Crippen LogP contribution >= 0.6 is 11.6 Å². The topological polar surface area (TPSA) is 46.6 Å². The maximum Gasteiger partial charge on any atom is 0.217 e. The quantitative estimate of drug-likeness (QED) is 0.833. The number of sulfonamides is 1. The molecule has 0 spiro atoms. The molecule has 1 atom stereocenters. The van der Waals surface area contributed by atoms with E-state index in [1.165, 1.54) is 0 Å². The van der Waals surface area contributed by atoms with E-state index in [9.17, 15) is 8.42 Å². The minimum Gasteiger partial charge on any atom is -0.379 e. The van der Waals surface area contributed by atoms with Gasteiger partial charge >= 0.3 is 0 Å². The second-order valence-electron chi connectivity index (χ2n) is 5.36. The average molecular weight is 332 g/mol. The third-order valence-corrected chi connectivity index (χ3v) is 5.74. The van der Waals surface area contributed by atoms with Crippen LogP contribution in [0.15, 0.2) is 24.3 Å². The highest BCUT2D eigenvalue weighted by Gasteiger charge is 2.32. The molecular weight excluding hydrogens is 310 g/mol. The molecule has 2 rings (SSSR count).